The number of carbonyl (C=O) groups excluding carboxylic acids is 1. The molecule has 0 spiro atoms. The van der Waals surface area contributed by atoms with Crippen LogP contribution in [0.1, 0.15) is 51.8 Å². The van der Waals surface area contributed by atoms with Gasteiger partial charge in [0.25, 0.3) is 0 Å². The lowest BCUT2D eigenvalue weighted by molar-refractivity contribution is -0.130. The van der Waals surface area contributed by atoms with Crippen LogP contribution in [0.5, 0.6) is 0 Å². The third kappa shape index (κ3) is 3.26. The maximum absolute atomic E-state index is 14.1. The van der Waals surface area contributed by atoms with E-state index in [1.54, 1.807) is 12.1 Å². The van der Waals surface area contributed by atoms with Crippen LogP contribution in [0.4, 0.5) is 4.39 Å². The van der Waals surface area contributed by atoms with Gasteiger partial charge in [-0.1, -0.05) is 51.8 Å². The largest absolute Gasteiger partial charge is 0.321 e. The normalized spacial score (nSPS) is 22.3. The lowest BCUT2D eigenvalue weighted by Gasteiger charge is -2.28. The van der Waals surface area contributed by atoms with Crippen molar-refractivity contribution < 1.29 is 9.18 Å². The average Bonchev–Trinajstić information content (AvgIpc) is 2.81. The highest BCUT2D eigenvalue weighted by Gasteiger charge is 2.40. The van der Waals surface area contributed by atoms with Gasteiger partial charge >= 0.3 is 0 Å². The standard InChI is InChI=1S/C17H25FN2O/c1-4-12(5-2)11-20-16(19-15(6-3)17(20)21)13-9-7-8-10-14(13)18/h7-10,12,15-16,19H,4-6,11H2,1-3H3. The van der Waals surface area contributed by atoms with E-state index in [2.05, 4.69) is 19.2 Å². The third-order valence-corrected chi connectivity index (χ3v) is 4.47. The average molecular weight is 292 g/mol. The van der Waals surface area contributed by atoms with Crippen LogP contribution < -0.4 is 5.32 Å². The number of hydrogen-bond donors (Lipinski definition) is 1. The SMILES string of the molecule is CCC(CC)CN1C(=O)C(CC)NC1c1ccccc1F. The summed E-state index contributed by atoms with van der Waals surface area (Å²) in [6, 6.07) is 6.51. The zero-order valence-corrected chi connectivity index (χ0v) is 13.1. The number of nitrogens with zero attached hydrogens (tertiary/aromatic N) is 1. The van der Waals surface area contributed by atoms with Crippen molar-refractivity contribution >= 4 is 5.91 Å². The van der Waals surface area contributed by atoms with Crippen LogP contribution in [-0.2, 0) is 4.79 Å². The van der Waals surface area contributed by atoms with Crippen LogP contribution in [0.3, 0.4) is 0 Å². The summed E-state index contributed by atoms with van der Waals surface area (Å²) < 4.78 is 14.1. The van der Waals surface area contributed by atoms with Crippen LogP contribution in [0, 0.1) is 11.7 Å². The van der Waals surface area contributed by atoms with Crippen molar-refractivity contribution in [2.75, 3.05) is 6.54 Å². The molecule has 1 aliphatic heterocycles. The molecule has 0 bridgehead atoms. The van der Waals surface area contributed by atoms with Crippen molar-refractivity contribution in [1.29, 1.82) is 0 Å². The molecule has 2 atom stereocenters. The maximum Gasteiger partial charge on any atom is 0.241 e. The van der Waals surface area contributed by atoms with Crippen LogP contribution in [-0.4, -0.2) is 23.4 Å². The fourth-order valence-electron chi connectivity index (χ4n) is 2.95. The predicted molar refractivity (Wildman–Crippen MR) is 82.1 cm³/mol. The molecule has 2 rings (SSSR count). The minimum atomic E-state index is -0.343. The fraction of sp³-hybridized carbons (Fsp3) is 0.588. The minimum Gasteiger partial charge on any atom is -0.321 e. The second-order valence-electron chi connectivity index (χ2n) is 5.72. The Balaban J connectivity index is 2.28. The summed E-state index contributed by atoms with van der Waals surface area (Å²) in [5, 5.41) is 3.29. The third-order valence-electron chi connectivity index (χ3n) is 4.47. The monoisotopic (exact) mass is 292 g/mol. The molecule has 1 fully saturated rings. The number of nitrogens with one attached hydrogen (secondary N) is 1. The first kappa shape index (κ1) is 16.0. The van der Waals surface area contributed by atoms with Gasteiger partial charge in [-0.2, -0.15) is 0 Å². The lowest BCUT2D eigenvalue weighted by Crippen LogP contribution is -2.35. The van der Waals surface area contributed by atoms with Crippen molar-refractivity contribution in [2.24, 2.45) is 5.92 Å². The minimum absolute atomic E-state index is 0.0950. The van der Waals surface area contributed by atoms with Crippen LogP contribution in [0.2, 0.25) is 0 Å². The van der Waals surface area contributed by atoms with Gasteiger partial charge in [-0.3, -0.25) is 10.1 Å². The number of benzene rings is 1. The maximum atomic E-state index is 14.1. The second-order valence-corrected chi connectivity index (χ2v) is 5.72. The molecule has 0 aliphatic carbocycles. The van der Waals surface area contributed by atoms with Gasteiger partial charge in [0.15, 0.2) is 0 Å². The highest BCUT2D eigenvalue weighted by Crippen LogP contribution is 2.29. The number of halogens is 1. The predicted octanol–water partition coefficient (Wildman–Crippen LogP) is 3.47. The summed E-state index contributed by atoms with van der Waals surface area (Å²) in [5.41, 5.74) is 0.563. The molecule has 1 amide bonds. The zero-order valence-electron chi connectivity index (χ0n) is 13.1. The molecule has 1 aromatic rings. The first-order chi connectivity index (χ1) is 10.1. The van der Waals surface area contributed by atoms with Gasteiger partial charge in [-0.15, -0.1) is 0 Å². The highest BCUT2D eigenvalue weighted by atomic mass is 19.1. The smallest absolute Gasteiger partial charge is 0.241 e. The van der Waals surface area contributed by atoms with E-state index >= 15 is 0 Å². The molecule has 3 nitrogen and oxygen atoms in total. The van der Waals surface area contributed by atoms with E-state index in [1.165, 1.54) is 6.07 Å². The van der Waals surface area contributed by atoms with E-state index < -0.39 is 0 Å². The van der Waals surface area contributed by atoms with Gasteiger partial charge in [0, 0.05) is 12.1 Å². The molecule has 2 unspecified atom stereocenters. The van der Waals surface area contributed by atoms with E-state index in [0.717, 1.165) is 19.3 Å². The molecular weight excluding hydrogens is 267 g/mol. The molecule has 1 N–H and O–H groups in total. The topological polar surface area (TPSA) is 32.3 Å². The molecule has 0 aromatic heterocycles. The van der Waals surface area contributed by atoms with Crippen molar-refractivity contribution in [3.05, 3.63) is 35.6 Å². The lowest BCUT2D eigenvalue weighted by atomic mass is 10.0. The summed E-state index contributed by atoms with van der Waals surface area (Å²) in [6.07, 6.45) is 2.44. The Morgan fingerprint density at radius 3 is 2.48 bits per heavy atom. The van der Waals surface area contributed by atoms with E-state index in [0.29, 0.717) is 18.0 Å². The Morgan fingerprint density at radius 1 is 1.24 bits per heavy atom. The Kier molecular flexibility index (Phi) is 5.34. The van der Waals surface area contributed by atoms with E-state index in [9.17, 15) is 9.18 Å². The van der Waals surface area contributed by atoms with E-state index in [1.807, 2.05) is 17.9 Å². The van der Waals surface area contributed by atoms with E-state index in [4.69, 9.17) is 0 Å². The summed E-state index contributed by atoms with van der Waals surface area (Å²) in [7, 11) is 0. The Hall–Kier alpha value is -1.42. The number of amides is 1. The van der Waals surface area contributed by atoms with Gasteiger partial charge in [0.1, 0.15) is 12.0 Å². The summed E-state index contributed by atoms with van der Waals surface area (Å²) in [4.78, 5) is 14.4. The first-order valence-corrected chi connectivity index (χ1v) is 7.93. The summed E-state index contributed by atoms with van der Waals surface area (Å²) >= 11 is 0. The molecular formula is C17H25FN2O. The molecule has 1 heterocycles. The molecule has 1 saturated heterocycles. The second kappa shape index (κ2) is 7.03. The Bertz CT molecular complexity index is 487. The number of hydrogen-bond acceptors (Lipinski definition) is 2. The van der Waals surface area contributed by atoms with Gasteiger partial charge in [0.2, 0.25) is 5.91 Å². The molecule has 4 heteroatoms. The fourth-order valence-corrected chi connectivity index (χ4v) is 2.95. The summed E-state index contributed by atoms with van der Waals surface area (Å²) in [6.45, 7) is 6.94. The molecule has 116 valence electrons. The van der Waals surface area contributed by atoms with Crippen molar-refractivity contribution in [2.45, 2.75) is 52.2 Å². The quantitative estimate of drug-likeness (QED) is 0.870. The molecule has 0 radical (unpaired) electrons. The van der Waals surface area contributed by atoms with Gasteiger partial charge < -0.3 is 4.90 Å². The Morgan fingerprint density at radius 2 is 1.90 bits per heavy atom. The zero-order chi connectivity index (χ0) is 15.4. The molecule has 1 aliphatic rings. The van der Waals surface area contributed by atoms with Crippen LogP contribution in [0.15, 0.2) is 24.3 Å². The highest BCUT2D eigenvalue weighted by molar-refractivity contribution is 5.84. The van der Waals surface area contributed by atoms with Crippen molar-refractivity contribution in [3.8, 4) is 0 Å². The summed E-state index contributed by atoms with van der Waals surface area (Å²) in [5.74, 6) is 0.299. The molecule has 21 heavy (non-hydrogen) atoms. The van der Waals surface area contributed by atoms with Gasteiger partial charge in [0.05, 0.1) is 6.04 Å². The molecule has 0 saturated carbocycles. The first-order valence-electron chi connectivity index (χ1n) is 7.93. The Labute approximate surface area is 126 Å². The molecule has 1 aromatic carbocycles. The number of carbonyl (C=O) groups is 1. The van der Waals surface area contributed by atoms with Crippen LogP contribution >= 0.6 is 0 Å². The van der Waals surface area contributed by atoms with Gasteiger partial charge in [-0.25, -0.2) is 4.39 Å². The van der Waals surface area contributed by atoms with Crippen molar-refractivity contribution in [3.63, 3.8) is 0 Å². The van der Waals surface area contributed by atoms with Crippen LogP contribution in [0.25, 0.3) is 0 Å². The van der Waals surface area contributed by atoms with E-state index in [-0.39, 0.29) is 23.9 Å². The van der Waals surface area contributed by atoms with Crippen molar-refractivity contribution in [1.82, 2.24) is 10.2 Å². The van der Waals surface area contributed by atoms with Gasteiger partial charge in [-0.05, 0) is 18.4 Å². The number of rotatable bonds is 6.